The minimum atomic E-state index is -0.247. The minimum Gasteiger partial charge on any atom is -0.493 e. The van der Waals surface area contributed by atoms with Gasteiger partial charge in [-0.25, -0.2) is 4.39 Å². The molecule has 0 fully saturated rings. The zero-order valence-corrected chi connectivity index (χ0v) is 11.7. The normalized spacial score (nSPS) is 17.5. The summed E-state index contributed by atoms with van der Waals surface area (Å²) in [6.45, 7) is 0.623. The summed E-state index contributed by atoms with van der Waals surface area (Å²) in [5.41, 5.74) is 1.75. The molecule has 0 amide bonds. The van der Waals surface area contributed by atoms with Gasteiger partial charge < -0.3 is 10.1 Å². The van der Waals surface area contributed by atoms with E-state index in [9.17, 15) is 4.39 Å². The summed E-state index contributed by atoms with van der Waals surface area (Å²) in [5, 5.41) is 3.37. The molecule has 1 atom stereocenters. The molecule has 19 heavy (non-hydrogen) atoms. The van der Waals surface area contributed by atoms with Crippen LogP contribution >= 0.6 is 15.9 Å². The van der Waals surface area contributed by atoms with Crippen molar-refractivity contribution in [2.24, 2.45) is 0 Å². The van der Waals surface area contributed by atoms with Crippen molar-refractivity contribution in [3.05, 3.63) is 52.5 Å². The highest BCUT2D eigenvalue weighted by Gasteiger charge is 2.22. The SMILES string of the molecule is Fc1ccc2c(c1)C(Nc1cncc(Br)c1)CCO2. The summed E-state index contributed by atoms with van der Waals surface area (Å²) >= 11 is 3.38. The molecule has 1 aromatic carbocycles. The molecule has 0 saturated carbocycles. The first-order valence-corrected chi connectivity index (χ1v) is 6.81. The van der Waals surface area contributed by atoms with Gasteiger partial charge in [0.2, 0.25) is 0 Å². The van der Waals surface area contributed by atoms with Crippen molar-refractivity contribution in [2.75, 3.05) is 11.9 Å². The average Bonchev–Trinajstić information content (AvgIpc) is 2.39. The lowest BCUT2D eigenvalue weighted by molar-refractivity contribution is 0.273. The number of hydrogen-bond donors (Lipinski definition) is 1. The van der Waals surface area contributed by atoms with Gasteiger partial charge in [-0.1, -0.05) is 0 Å². The van der Waals surface area contributed by atoms with Gasteiger partial charge in [-0.15, -0.1) is 0 Å². The van der Waals surface area contributed by atoms with Gasteiger partial charge in [0.15, 0.2) is 0 Å². The summed E-state index contributed by atoms with van der Waals surface area (Å²) < 4.78 is 19.8. The Morgan fingerprint density at radius 3 is 3.05 bits per heavy atom. The van der Waals surface area contributed by atoms with E-state index in [-0.39, 0.29) is 11.9 Å². The van der Waals surface area contributed by atoms with Gasteiger partial charge >= 0.3 is 0 Å². The van der Waals surface area contributed by atoms with Crippen LogP contribution in [0.25, 0.3) is 0 Å². The minimum absolute atomic E-state index is 0.0375. The molecular formula is C14H12BrFN2O. The Bertz CT molecular complexity index is 606. The summed E-state index contributed by atoms with van der Waals surface area (Å²) in [6.07, 6.45) is 4.27. The van der Waals surface area contributed by atoms with Crippen LogP contribution in [0.4, 0.5) is 10.1 Å². The van der Waals surface area contributed by atoms with Crippen LogP contribution in [0.1, 0.15) is 18.0 Å². The molecule has 0 spiro atoms. The molecule has 1 aliphatic rings. The van der Waals surface area contributed by atoms with Crippen LogP contribution < -0.4 is 10.1 Å². The fourth-order valence-electron chi connectivity index (χ4n) is 2.21. The molecule has 5 heteroatoms. The summed E-state index contributed by atoms with van der Waals surface area (Å²) in [4.78, 5) is 4.11. The van der Waals surface area contributed by atoms with Crippen LogP contribution in [-0.4, -0.2) is 11.6 Å². The Balaban J connectivity index is 1.89. The van der Waals surface area contributed by atoms with Crippen LogP contribution in [0.2, 0.25) is 0 Å². The van der Waals surface area contributed by atoms with Gasteiger partial charge in [-0.05, 0) is 40.2 Å². The molecule has 0 saturated heterocycles. The number of rotatable bonds is 2. The number of ether oxygens (including phenoxy) is 1. The number of fused-ring (bicyclic) bond motifs is 1. The Hall–Kier alpha value is -1.62. The molecule has 1 aromatic heterocycles. The average molecular weight is 323 g/mol. The molecule has 0 aliphatic carbocycles. The fourth-order valence-corrected chi connectivity index (χ4v) is 2.57. The van der Waals surface area contributed by atoms with Crippen LogP contribution in [0, 0.1) is 5.82 Å². The first-order chi connectivity index (χ1) is 9.22. The zero-order valence-electron chi connectivity index (χ0n) is 10.1. The van der Waals surface area contributed by atoms with Crippen molar-refractivity contribution in [1.82, 2.24) is 4.98 Å². The maximum atomic E-state index is 13.4. The van der Waals surface area contributed by atoms with Gasteiger partial charge in [0.05, 0.1) is 24.5 Å². The van der Waals surface area contributed by atoms with Crippen LogP contribution in [-0.2, 0) is 0 Å². The van der Waals surface area contributed by atoms with E-state index in [1.54, 1.807) is 18.5 Å². The molecule has 1 unspecified atom stereocenters. The molecule has 3 rings (SSSR count). The maximum Gasteiger partial charge on any atom is 0.124 e. The molecule has 1 aliphatic heterocycles. The Kier molecular flexibility index (Phi) is 3.38. The van der Waals surface area contributed by atoms with E-state index in [1.165, 1.54) is 12.1 Å². The number of hydrogen-bond acceptors (Lipinski definition) is 3. The van der Waals surface area contributed by atoms with E-state index in [0.29, 0.717) is 6.61 Å². The number of aromatic nitrogens is 1. The van der Waals surface area contributed by atoms with Crippen molar-refractivity contribution >= 4 is 21.6 Å². The molecular weight excluding hydrogens is 311 g/mol. The molecule has 98 valence electrons. The highest BCUT2D eigenvalue weighted by molar-refractivity contribution is 9.10. The van der Waals surface area contributed by atoms with Gasteiger partial charge in [0.1, 0.15) is 11.6 Å². The quantitative estimate of drug-likeness (QED) is 0.910. The topological polar surface area (TPSA) is 34.2 Å². The number of nitrogens with zero attached hydrogens (tertiary/aromatic N) is 1. The van der Waals surface area contributed by atoms with Gasteiger partial charge in [-0.2, -0.15) is 0 Å². The standard InChI is InChI=1S/C14H12BrFN2O/c15-9-5-11(8-17-7-9)18-13-3-4-19-14-2-1-10(16)6-12(13)14/h1-2,5-8,13,18H,3-4H2. The lowest BCUT2D eigenvalue weighted by atomic mass is 10.00. The van der Waals surface area contributed by atoms with Gasteiger partial charge in [-0.3, -0.25) is 4.98 Å². The van der Waals surface area contributed by atoms with E-state index in [4.69, 9.17) is 4.74 Å². The van der Waals surface area contributed by atoms with Crippen LogP contribution in [0.3, 0.4) is 0 Å². The second kappa shape index (κ2) is 5.17. The van der Waals surface area contributed by atoms with Crippen LogP contribution in [0.15, 0.2) is 41.1 Å². The number of pyridine rings is 1. The fraction of sp³-hybridized carbons (Fsp3) is 0.214. The Morgan fingerprint density at radius 1 is 1.32 bits per heavy atom. The largest absolute Gasteiger partial charge is 0.493 e. The number of benzene rings is 1. The number of anilines is 1. The second-order valence-electron chi connectivity index (χ2n) is 4.41. The molecule has 3 nitrogen and oxygen atoms in total. The van der Waals surface area contributed by atoms with Crippen LogP contribution in [0.5, 0.6) is 5.75 Å². The van der Waals surface area contributed by atoms with Crippen molar-refractivity contribution in [3.63, 3.8) is 0 Å². The first kappa shape index (κ1) is 12.4. The van der Waals surface area contributed by atoms with E-state index >= 15 is 0 Å². The van der Waals surface area contributed by atoms with E-state index in [1.807, 2.05) is 6.07 Å². The number of nitrogens with one attached hydrogen (secondary N) is 1. The first-order valence-electron chi connectivity index (χ1n) is 6.02. The van der Waals surface area contributed by atoms with Gasteiger partial charge in [0.25, 0.3) is 0 Å². The monoisotopic (exact) mass is 322 g/mol. The van der Waals surface area contributed by atoms with Gasteiger partial charge in [0, 0.05) is 22.7 Å². The molecule has 1 N–H and O–H groups in total. The molecule has 0 radical (unpaired) electrons. The number of halogens is 2. The molecule has 0 bridgehead atoms. The summed E-state index contributed by atoms with van der Waals surface area (Å²) in [7, 11) is 0. The van der Waals surface area contributed by atoms with E-state index in [2.05, 4.69) is 26.2 Å². The zero-order chi connectivity index (χ0) is 13.2. The predicted octanol–water partition coefficient (Wildman–Crippen LogP) is 3.92. The summed E-state index contributed by atoms with van der Waals surface area (Å²) in [6, 6.07) is 6.61. The Morgan fingerprint density at radius 2 is 2.21 bits per heavy atom. The van der Waals surface area contributed by atoms with E-state index < -0.39 is 0 Å². The summed E-state index contributed by atoms with van der Waals surface area (Å²) in [5.74, 6) is 0.497. The molecule has 2 aromatic rings. The maximum absolute atomic E-state index is 13.4. The molecule has 2 heterocycles. The Labute approximate surface area is 118 Å². The van der Waals surface area contributed by atoms with Crippen molar-refractivity contribution in [2.45, 2.75) is 12.5 Å². The second-order valence-corrected chi connectivity index (χ2v) is 5.32. The third-order valence-electron chi connectivity index (χ3n) is 3.06. The highest BCUT2D eigenvalue weighted by atomic mass is 79.9. The van der Waals surface area contributed by atoms with Crippen molar-refractivity contribution < 1.29 is 9.13 Å². The third-order valence-corrected chi connectivity index (χ3v) is 3.49. The van der Waals surface area contributed by atoms with Crippen molar-refractivity contribution in [3.8, 4) is 5.75 Å². The lowest BCUT2D eigenvalue weighted by Gasteiger charge is -2.27. The predicted molar refractivity (Wildman–Crippen MR) is 74.8 cm³/mol. The smallest absolute Gasteiger partial charge is 0.124 e. The lowest BCUT2D eigenvalue weighted by Crippen LogP contribution is -2.20. The highest BCUT2D eigenvalue weighted by Crippen LogP contribution is 2.34. The van der Waals surface area contributed by atoms with Crippen molar-refractivity contribution in [1.29, 1.82) is 0 Å². The van der Waals surface area contributed by atoms with E-state index in [0.717, 1.165) is 27.9 Å². The third kappa shape index (κ3) is 2.71.